The molecular weight excluding hydrogens is 446 g/mol. The molecule has 184 valence electrons. The van der Waals surface area contributed by atoms with Crippen molar-refractivity contribution in [2.24, 2.45) is 4.99 Å². The number of methoxy groups -OCH3 is 2. The summed E-state index contributed by atoms with van der Waals surface area (Å²) in [5, 5.41) is 2.61. The summed E-state index contributed by atoms with van der Waals surface area (Å²) in [6.07, 6.45) is -0.505. The number of nitrogens with zero attached hydrogens (tertiary/aromatic N) is 2. The van der Waals surface area contributed by atoms with Gasteiger partial charge in [-0.25, -0.2) is 4.79 Å². The van der Waals surface area contributed by atoms with Crippen LogP contribution in [-0.4, -0.2) is 57.2 Å². The summed E-state index contributed by atoms with van der Waals surface area (Å²) >= 11 is 0. The van der Waals surface area contributed by atoms with Crippen LogP contribution in [0.2, 0.25) is 0 Å². The van der Waals surface area contributed by atoms with Gasteiger partial charge in [0.05, 0.1) is 32.2 Å². The molecule has 3 rings (SSSR count). The molecule has 0 fully saturated rings. The van der Waals surface area contributed by atoms with Crippen LogP contribution in [0.5, 0.6) is 11.5 Å². The second-order valence-electron chi connectivity index (χ2n) is 8.76. The van der Waals surface area contributed by atoms with Crippen LogP contribution in [0, 0.1) is 11.8 Å². The number of nitrogens with one attached hydrogen (secondary N) is 1. The van der Waals surface area contributed by atoms with Crippen molar-refractivity contribution < 1.29 is 23.8 Å². The van der Waals surface area contributed by atoms with Crippen molar-refractivity contribution in [2.45, 2.75) is 33.3 Å². The highest BCUT2D eigenvalue weighted by atomic mass is 16.6. The summed E-state index contributed by atoms with van der Waals surface area (Å²) in [5.74, 6) is 6.96. The average Bonchev–Trinajstić information content (AvgIpc) is 2.95. The van der Waals surface area contributed by atoms with Crippen LogP contribution in [0.15, 0.2) is 41.4 Å². The molecule has 0 saturated carbocycles. The van der Waals surface area contributed by atoms with Gasteiger partial charge in [0.1, 0.15) is 12.1 Å². The van der Waals surface area contributed by atoms with Crippen LogP contribution in [-0.2, 0) is 9.53 Å². The fourth-order valence-electron chi connectivity index (χ4n) is 3.61. The van der Waals surface area contributed by atoms with Crippen LogP contribution >= 0.6 is 0 Å². The summed E-state index contributed by atoms with van der Waals surface area (Å²) in [4.78, 5) is 30.8. The molecule has 0 aromatic heterocycles. The Kier molecular flexibility index (Phi) is 8.02. The lowest BCUT2D eigenvalue weighted by atomic mass is 9.98. The smallest absolute Gasteiger partial charge is 0.408 e. The minimum absolute atomic E-state index is 0.0420. The fraction of sp³-hybridized carbons (Fsp3) is 0.370. The molecule has 0 aliphatic carbocycles. The Balaban J connectivity index is 1.85. The number of aliphatic imine (C=N–C) groups is 1. The van der Waals surface area contributed by atoms with E-state index >= 15 is 0 Å². The van der Waals surface area contributed by atoms with Gasteiger partial charge in [0.15, 0.2) is 11.5 Å². The largest absolute Gasteiger partial charge is 0.493 e. The maximum atomic E-state index is 12.8. The van der Waals surface area contributed by atoms with Gasteiger partial charge >= 0.3 is 6.09 Å². The van der Waals surface area contributed by atoms with Gasteiger partial charge in [-0.1, -0.05) is 24.0 Å². The zero-order valence-electron chi connectivity index (χ0n) is 21.0. The molecule has 1 aliphatic rings. The van der Waals surface area contributed by atoms with E-state index in [-0.39, 0.29) is 19.0 Å². The van der Waals surface area contributed by atoms with Gasteiger partial charge in [-0.15, -0.1) is 0 Å². The van der Waals surface area contributed by atoms with E-state index < -0.39 is 11.7 Å². The molecule has 8 heteroatoms. The molecule has 0 atom stereocenters. The number of carbonyl (C=O) groups excluding carboxylic acids is 2. The topological polar surface area (TPSA) is 89.5 Å². The maximum absolute atomic E-state index is 12.8. The molecule has 1 heterocycles. The van der Waals surface area contributed by atoms with Gasteiger partial charge in [0, 0.05) is 29.3 Å². The molecule has 35 heavy (non-hydrogen) atoms. The van der Waals surface area contributed by atoms with Crippen molar-refractivity contribution in [2.75, 3.05) is 38.8 Å². The highest BCUT2D eigenvalue weighted by Crippen LogP contribution is 2.37. The van der Waals surface area contributed by atoms with E-state index in [1.165, 1.54) is 0 Å². The third-order valence-corrected chi connectivity index (χ3v) is 5.15. The standard InChI is InChI=1S/C27H31N3O5/c1-7-30-21-16-23(34-6)22(33-5)15-20(21)25(29-17-24(30)31)19-12-10-18(11-13-19)9-8-14-28-26(32)35-27(2,3)4/h10-13,15-16H,7,14,17H2,1-6H3,(H,28,32). The zero-order valence-corrected chi connectivity index (χ0v) is 21.0. The number of hydrogen-bond acceptors (Lipinski definition) is 6. The number of rotatable bonds is 5. The molecule has 1 aliphatic heterocycles. The Morgan fingerprint density at radius 1 is 1.11 bits per heavy atom. The number of carbonyl (C=O) groups is 2. The Bertz CT molecular complexity index is 1180. The number of alkyl carbamates (subject to hydrolysis) is 1. The normalized spacial score (nSPS) is 13.0. The second kappa shape index (κ2) is 11.0. The number of fused-ring (bicyclic) bond motifs is 1. The summed E-state index contributed by atoms with van der Waals surface area (Å²) in [6.45, 7) is 8.06. The lowest BCUT2D eigenvalue weighted by molar-refractivity contribution is -0.117. The molecule has 1 N–H and O–H groups in total. The molecule has 0 radical (unpaired) electrons. The third kappa shape index (κ3) is 6.33. The molecule has 0 unspecified atom stereocenters. The first-order valence-electron chi connectivity index (χ1n) is 11.3. The van der Waals surface area contributed by atoms with Crippen molar-refractivity contribution in [3.8, 4) is 23.3 Å². The van der Waals surface area contributed by atoms with Gasteiger partial charge < -0.3 is 24.4 Å². The van der Waals surface area contributed by atoms with Gasteiger partial charge in [0.25, 0.3) is 0 Å². The van der Waals surface area contributed by atoms with E-state index in [0.717, 1.165) is 22.4 Å². The van der Waals surface area contributed by atoms with E-state index in [2.05, 4.69) is 22.2 Å². The molecule has 2 aromatic carbocycles. The highest BCUT2D eigenvalue weighted by molar-refractivity contribution is 6.20. The predicted molar refractivity (Wildman–Crippen MR) is 136 cm³/mol. The Morgan fingerprint density at radius 3 is 2.37 bits per heavy atom. The van der Waals surface area contributed by atoms with Crippen LogP contribution < -0.4 is 19.7 Å². The first-order valence-corrected chi connectivity index (χ1v) is 11.3. The van der Waals surface area contributed by atoms with Crippen molar-refractivity contribution in [3.63, 3.8) is 0 Å². The number of ether oxygens (including phenoxy) is 3. The number of anilines is 1. The first-order chi connectivity index (χ1) is 16.7. The van der Waals surface area contributed by atoms with Crippen molar-refractivity contribution in [1.29, 1.82) is 0 Å². The lowest BCUT2D eigenvalue weighted by Gasteiger charge is -2.23. The number of likely N-dealkylation sites (N-methyl/N-ethyl adjacent to an activating group) is 1. The number of benzodiazepines with no additional fused rings is 1. The van der Waals surface area contributed by atoms with E-state index in [4.69, 9.17) is 14.2 Å². The van der Waals surface area contributed by atoms with Crippen LogP contribution in [0.4, 0.5) is 10.5 Å². The van der Waals surface area contributed by atoms with Crippen LogP contribution in [0.25, 0.3) is 0 Å². The minimum Gasteiger partial charge on any atom is -0.493 e. The van der Waals surface area contributed by atoms with Gasteiger partial charge in [-0.3, -0.25) is 9.79 Å². The Labute approximate surface area is 206 Å². The fourth-order valence-corrected chi connectivity index (χ4v) is 3.61. The highest BCUT2D eigenvalue weighted by Gasteiger charge is 2.26. The van der Waals surface area contributed by atoms with Crippen molar-refractivity contribution in [1.82, 2.24) is 5.32 Å². The van der Waals surface area contributed by atoms with E-state index in [0.29, 0.717) is 23.8 Å². The lowest BCUT2D eigenvalue weighted by Crippen LogP contribution is -2.32. The predicted octanol–water partition coefficient (Wildman–Crippen LogP) is 3.78. The molecular formula is C27H31N3O5. The molecule has 0 spiro atoms. The SMILES string of the molecule is CCN1C(=O)CN=C(c2ccc(C#CCNC(=O)OC(C)(C)C)cc2)c2cc(OC)c(OC)cc21. The van der Waals surface area contributed by atoms with Crippen LogP contribution in [0.1, 0.15) is 44.4 Å². The summed E-state index contributed by atoms with van der Waals surface area (Å²) in [6, 6.07) is 11.2. The van der Waals surface area contributed by atoms with Gasteiger partial charge in [-0.05, 0) is 45.9 Å². The molecule has 0 saturated heterocycles. The third-order valence-electron chi connectivity index (χ3n) is 5.15. The quantitative estimate of drug-likeness (QED) is 0.662. The Morgan fingerprint density at radius 2 is 1.77 bits per heavy atom. The van der Waals surface area contributed by atoms with Gasteiger partial charge in [0.2, 0.25) is 5.91 Å². The first kappa shape index (κ1) is 25.6. The van der Waals surface area contributed by atoms with Gasteiger partial charge in [-0.2, -0.15) is 0 Å². The minimum atomic E-state index is -0.555. The number of amides is 2. The summed E-state index contributed by atoms with van der Waals surface area (Å²) in [7, 11) is 3.14. The van der Waals surface area contributed by atoms with Crippen molar-refractivity contribution >= 4 is 23.4 Å². The van der Waals surface area contributed by atoms with E-state index in [1.54, 1.807) is 39.9 Å². The van der Waals surface area contributed by atoms with E-state index in [1.807, 2.05) is 43.3 Å². The van der Waals surface area contributed by atoms with Crippen LogP contribution in [0.3, 0.4) is 0 Å². The van der Waals surface area contributed by atoms with Crippen molar-refractivity contribution in [3.05, 3.63) is 53.1 Å². The monoisotopic (exact) mass is 477 g/mol. The second-order valence-corrected chi connectivity index (χ2v) is 8.76. The summed E-state index contributed by atoms with van der Waals surface area (Å²) < 4.78 is 16.2. The number of benzene rings is 2. The van der Waals surface area contributed by atoms with E-state index in [9.17, 15) is 9.59 Å². The molecule has 8 nitrogen and oxygen atoms in total. The average molecular weight is 478 g/mol. The zero-order chi connectivity index (χ0) is 25.6. The molecule has 2 aromatic rings. The maximum Gasteiger partial charge on any atom is 0.408 e. The molecule has 2 amide bonds. The number of hydrogen-bond donors (Lipinski definition) is 1. The molecule has 0 bridgehead atoms. The summed E-state index contributed by atoms with van der Waals surface area (Å²) in [5.41, 5.74) is 3.28. The Hall–Kier alpha value is -3.99.